The van der Waals surface area contributed by atoms with Gasteiger partial charge in [0.05, 0.1) is 18.9 Å². The number of furan rings is 1. The van der Waals surface area contributed by atoms with Gasteiger partial charge in [-0.1, -0.05) is 0 Å². The molecule has 1 heterocycles. The molecule has 0 aliphatic heterocycles. The van der Waals surface area contributed by atoms with Crippen molar-refractivity contribution in [2.24, 2.45) is 0 Å². The molecule has 0 amide bonds. The Labute approximate surface area is 84.1 Å². The van der Waals surface area contributed by atoms with Crippen molar-refractivity contribution in [1.29, 1.82) is 0 Å². The van der Waals surface area contributed by atoms with Crippen LogP contribution in [0, 0.1) is 6.92 Å². The van der Waals surface area contributed by atoms with Crippen LogP contribution in [0.4, 0.5) is 0 Å². The Bertz CT molecular complexity index is 295. The van der Waals surface area contributed by atoms with Crippen molar-refractivity contribution in [3.63, 3.8) is 0 Å². The average Bonchev–Trinajstić information content (AvgIpc) is 2.72. The summed E-state index contributed by atoms with van der Waals surface area (Å²) in [5.74, 6) is 0.976. The van der Waals surface area contributed by atoms with E-state index in [1.165, 1.54) is 5.56 Å². The van der Waals surface area contributed by atoms with E-state index in [1.54, 1.807) is 6.26 Å². The van der Waals surface area contributed by atoms with Crippen molar-refractivity contribution in [2.75, 3.05) is 0 Å². The second kappa shape index (κ2) is 4.15. The molecule has 3 nitrogen and oxygen atoms in total. The van der Waals surface area contributed by atoms with Crippen LogP contribution in [0.15, 0.2) is 16.7 Å². The molecule has 14 heavy (non-hydrogen) atoms. The number of aryl methyl sites for hydroxylation is 1. The van der Waals surface area contributed by atoms with Crippen LogP contribution in [-0.2, 0) is 6.54 Å². The first-order valence-electron chi connectivity index (χ1n) is 5.22. The predicted molar refractivity (Wildman–Crippen MR) is 53.9 cm³/mol. The van der Waals surface area contributed by atoms with Crippen LogP contribution in [0.3, 0.4) is 0 Å². The maximum atomic E-state index is 9.59. The van der Waals surface area contributed by atoms with Crippen LogP contribution in [0.1, 0.15) is 30.6 Å². The van der Waals surface area contributed by atoms with Gasteiger partial charge in [-0.3, -0.25) is 0 Å². The van der Waals surface area contributed by atoms with E-state index in [2.05, 4.69) is 5.32 Å². The summed E-state index contributed by atoms with van der Waals surface area (Å²) in [6.45, 7) is 2.76. The second-order valence-electron chi connectivity index (χ2n) is 4.01. The van der Waals surface area contributed by atoms with Crippen LogP contribution in [0.25, 0.3) is 0 Å². The van der Waals surface area contributed by atoms with Crippen molar-refractivity contribution in [2.45, 2.75) is 44.9 Å². The molecule has 0 aromatic carbocycles. The van der Waals surface area contributed by atoms with Gasteiger partial charge in [0, 0.05) is 6.04 Å². The minimum atomic E-state index is -0.176. The summed E-state index contributed by atoms with van der Waals surface area (Å²) in [7, 11) is 0. The molecule has 2 N–H and O–H groups in total. The Balaban J connectivity index is 1.85. The van der Waals surface area contributed by atoms with Gasteiger partial charge in [-0.15, -0.1) is 0 Å². The SMILES string of the molecule is Cc1ccoc1CNC1CCCC1O. The first kappa shape index (κ1) is 9.74. The average molecular weight is 195 g/mol. The zero-order valence-corrected chi connectivity index (χ0v) is 8.49. The summed E-state index contributed by atoms with van der Waals surface area (Å²) in [6.07, 6.45) is 4.65. The van der Waals surface area contributed by atoms with E-state index in [-0.39, 0.29) is 12.1 Å². The molecule has 1 aromatic heterocycles. The van der Waals surface area contributed by atoms with E-state index in [4.69, 9.17) is 4.42 Å². The summed E-state index contributed by atoms with van der Waals surface area (Å²) in [5, 5.41) is 12.9. The minimum absolute atomic E-state index is 0.176. The zero-order chi connectivity index (χ0) is 9.97. The van der Waals surface area contributed by atoms with Crippen molar-refractivity contribution in [1.82, 2.24) is 5.32 Å². The number of hydrogen-bond donors (Lipinski definition) is 2. The minimum Gasteiger partial charge on any atom is -0.468 e. The highest BCUT2D eigenvalue weighted by molar-refractivity contribution is 5.14. The fraction of sp³-hybridized carbons (Fsp3) is 0.636. The molecule has 2 unspecified atom stereocenters. The normalized spacial score (nSPS) is 27.0. The van der Waals surface area contributed by atoms with E-state index in [0.717, 1.165) is 31.6 Å². The fourth-order valence-electron chi connectivity index (χ4n) is 1.99. The van der Waals surface area contributed by atoms with Gasteiger partial charge in [-0.2, -0.15) is 0 Å². The molecular formula is C11H17NO2. The smallest absolute Gasteiger partial charge is 0.120 e. The highest BCUT2D eigenvalue weighted by Crippen LogP contribution is 2.19. The lowest BCUT2D eigenvalue weighted by atomic mass is 10.2. The topological polar surface area (TPSA) is 45.4 Å². The number of rotatable bonds is 3. The molecule has 1 aliphatic carbocycles. The summed E-state index contributed by atoms with van der Waals surface area (Å²) in [5.41, 5.74) is 1.17. The third kappa shape index (κ3) is 1.99. The van der Waals surface area contributed by atoms with E-state index < -0.39 is 0 Å². The zero-order valence-electron chi connectivity index (χ0n) is 8.49. The molecule has 78 valence electrons. The molecule has 1 aliphatic rings. The fourth-order valence-corrected chi connectivity index (χ4v) is 1.99. The van der Waals surface area contributed by atoms with Crippen LogP contribution >= 0.6 is 0 Å². The monoisotopic (exact) mass is 195 g/mol. The number of aliphatic hydroxyl groups excluding tert-OH is 1. The summed E-state index contributed by atoms with van der Waals surface area (Å²) in [6, 6.07) is 2.21. The Hall–Kier alpha value is -0.800. The molecule has 0 saturated heterocycles. The highest BCUT2D eigenvalue weighted by atomic mass is 16.3. The van der Waals surface area contributed by atoms with Crippen molar-refractivity contribution in [3.8, 4) is 0 Å². The third-order valence-corrected chi connectivity index (χ3v) is 2.97. The molecule has 2 rings (SSSR count). The summed E-state index contributed by atoms with van der Waals surface area (Å²) >= 11 is 0. The lowest BCUT2D eigenvalue weighted by Crippen LogP contribution is -2.35. The van der Waals surface area contributed by atoms with Crippen molar-refractivity contribution >= 4 is 0 Å². The van der Waals surface area contributed by atoms with E-state index in [9.17, 15) is 5.11 Å². The van der Waals surface area contributed by atoms with E-state index in [1.807, 2.05) is 13.0 Å². The Morgan fingerprint density at radius 1 is 1.57 bits per heavy atom. The largest absolute Gasteiger partial charge is 0.468 e. The predicted octanol–water partition coefficient (Wildman–Crippen LogP) is 1.59. The molecule has 3 heteroatoms. The quantitative estimate of drug-likeness (QED) is 0.770. The molecular weight excluding hydrogens is 178 g/mol. The van der Waals surface area contributed by atoms with Gasteiger partial charge in [-0.05, 0) is 37.8 Å². The van der Waals surface area contributed by atoms with Crippen LogP contribution in [-0.4, -0.2) is 17.3 Å². The van der Waals surface area contributed by atoms with Crippen LogP contribution in [0.2, 0.25) is 0 Å². The van der Waals surface area contributed by atoms with Gasteiger partial charge in [0.15, 0.2) is 0 Å². The highest BCUT2D eigenvalue weighted by Gasteiger charge is 2.24. The van der Waals surface area contributed by atoms with Crippen LogP contribution < -0.4 is 5.32 Å². The maximum Gasteiger partial charge on any atom is 0.120 e. The van der Waals surface area contributed by atoms with Gasteiger partial charge < -0.3 is 14.8 Å². The van der Waals surface area contributed by atoms with E-state index in [0.29, 0.717) is 0 Å². The van der Waals surface area contributed by atoms with Gasteiger partial charge in [0.25, 0.3) is 0 Å². The van der Waals surface area contributed by atoms with Crippen molar-refractivity contribution in [3.05, 3.63) is 23.7 Å². The number of nitrogens with one attached hydrogen (secondary N) is 1. The molecule has 1 saturated carbocycles. The number of hydrogen-bond acceptors (Lipinski definition) is 3. The molecule has 1 aromatic rings. The molecule has 0 radical (unpaired) electrons. The third-order valence-electron chi connectivity index (χ3n) is 2.97. The molecule has 0 bridgehead atoms. The van der Waals surface area contributed by atoms with Crippen LogP contribution in [0.5, 0.6) is 0 Å². The Morgan fingerprint density at radius 2 is 2.43 bits per heavy atom. The standard InChI is InChI=1S/C11H17NO2/c1-8-5-6-14-11(8)7-12-9-3-2-4-10(9)13/h5-6,9-10,12-13H,2-4,7H2,1H3. The Morgan fingerprint density at radius 3 is 3.00 bits per heavy atom. The van der Waals surface area contributed by atoms with Crippen molar-refractivity contribution < 1.29 is 9.52 Å². The number of aliphatic hydroxyl groups is 1. The first-order valence-corrected chi connectivity index (χ1v) is 5.22. The maximum absolute atomic E-state index is 9.59. The molecule has 0 spiro atoms. The van der Waals surface area contributed by atoms with Gasteiger partial charge >= 0.3 is 0 Å². The van der Waals surface area contributed by atoms with Gasteiger partial charge in [0.2, 0.25) is 0 Å². The summed E-state index contributed by atoms with van der Waals surface area (Å²) < 4.78 is 5.32. The van der Waals surface area contributed by atoms with Gasteiger partial charge in [0.1, 0.15) is 5.76 Å². The lowest BCUT2D eigenvalue weighted by Gasteiger charge is -2.15. The van der Waals surface area contributed by atoms with E-state index >= 15 is 0 Å². The molecule has 2 atom stereocenters. The first-order chi connectivity index (χ1) is 6.77. The lowest BCUT2D eigenvalue weighted by molar-refractivity contribution is 0.147. The molecule has 1 fully saturated rings. The second-order valence-corrected chi connectivity index (χ2v) is 4.01. The van der Waals surface area contributed by atoms with Gasteiger partial charge in [-0.25, -0.2) is 0 Å². The summed E-state index contributed by atoms with van der Waals surface area (Å²) in [4.78, 5) is 0. The Kier molecular flexibility index (Phi) is 2.89.